The van der Waals surface area contributed by atoms with Crippen LogP contribution in [0, 0.1) is 0 Å². The van der Waals surface area contributed by atoms with Gasteiger partial charge in [0.25, 0.3) is 0 Å². The molecule has 66 valence electrons. The molecule has 1 aromatic rings. The summed E-state index contributed by atoms with van der Waals surface area (Å²) in [7, 11) is 5.67. The van der Waals surface area contributed by atoms with Crippen molar-refractivity contribution in [1.82, 2.24) is 0 Å². The van der Waals surface area contributed by atoms with Gasteiger partial charge < -0.3 is 9.64 Å². The molecule has 0 amide bonds. The van der Waals surface area contributed by atoms with E-state index in [-0.39, 0.29) is 0 Å². The lowest BCUT2D eigenvalue weighted by Gasteiger charge is -2.15. The van der Waals surface area contributed by atoms with Gasteiger partial charge >= 0.3 is 0 Å². The Morgan fingerprint density at radius 1 is 1.33 bits per heavy atom. The standard InChI is InChI=1S/C9H12BrNO/c1-11(2)9-6-7(12-3)4-5-8(9)10/h4-6H,1-3H3. The van der Waals surface area contributed by atoms with E-state index in [1.165, 1.54) is 0 Å². The Morgan fingerprint density at radius 3 is 2.50 bits per heavy atom. The lowest BCUT2D eigenvalue weighted by molar-refractivity contribution is 0.415. The van der Waals surface area contributed by atoms with Crippen LogP contribution in [0.15, 0.2) is 22.7 Å². The number of hydrogen-bond acceptors (Lipinski definition) is 2. The monoisotopic (exact) mass is 229 g/mol. The average molecular weight is 230 g/mol. The number of anilines is 1. The Kier molecular flexibility index (Phi) is 2.98. The van der Waals surface area contributed by atoms with Crippen molar-refractivity contribution in [3.8, 4) is 5.75 Å². The number of nitrogens with zero attached hydrogens (tertiary/aromatic N) is 1. The topological polar surface area (TPSA) is 12.5 Å². The molecule has 0 aliphatic carbocycles. The van der Waals surface area contributed by atoms with E-state index in [0.717, 1.165) is 15.9 Å². The van der Waals surface area contributed by atoms with Gasteiger partial charge in [-0.05, 0) is 28.1 Å². The van der Waals surface area contributed by atoms with Crippen molar-refractivity contribution in [1.29, 1.82) is 0 Å². The van der Waals surface area contributed by atoms with Crippen molar-refractivity contribution in [2.24, 2.45) is 0 Å². The number of halogens is 1. The number of rotatable bonds is 2. The highest BCUT2D eigenvalue weighted by Gasteiger charge is 2.02. The van der Waals surface area contributed by atoms with Gasteiger partial charge in [-0.2, -0.15) is 0 Å². The third-order valence-electron chi connectivity index (χ3n) is 1.64. The third-order valence-corrected chi connectivity index (χ3v) is 2.31. The average Bonchev–Trinajstić information content (AvgIpc) is 2.05. The summed E-state index contributed by atoms with van der Waals surface area (Å²) in [6, 6.07) is 5.90. The maximum atomic E-state index is 5.11. The molecule has 0 fully saturated rings. The predicted octanol–water partition coefficient (Wildman–Crippen LogP) is 2.52. The minimum Gasteiger partial charge on any atom is -0.497 e. The first-order valence-electron chi connectivity index (χ1n) is 3.66. The van der Waals surface area contributed by atoms with E-state index in [1.807, 2.05) is 37.2 Å². The van der Waals surface area contributed by atoms with Crippen LogP contribution in [0.3, 0.4) is 0 Å². The number of methoxy groups -OCH3 is 1. The van der Waals surface area contributed by atoms with E-state index in [1.54, 1.807) is 7.11 Å². The van der Waals surface area contributed by atoms with Crippen LogP contribution in [0.5, 0.6) is 5.75 Å². The Balaban J connectivity index is 3.08. The first kappa shape index (κ1) is 9.39. The molecule has 1 aromatic carbocycles. The molecular weight excluding hydrogens is 218 g/mol. The molecule has 0 aliphatic heterocycles. The summed E-state index contributed by atoms with van der Waals surface area (Å²) in [5.41, 5.74) is 1.12. The fraction of sp³-hybridized carbons (Fsp3) is 0.333. The van der Waals surface area contributed by atoms with Crippen molar-refractivity contribution in [3.05, 3.63) is 22.7 Å². The maximum absolute atomic E-state index is 5.11. The van der Waals surface area contributed by atoms with E-state index in [0.29, 0.717) is 0 Å². The molecule has 0 spiro atoms. The molecule has 0 aromatic heterocycles. The normalized spacial score (nSPS) is 9.67. The second-order valence-electron chi connectivity index (χ2n) is 2.71. The molecule has 0 aliphatic rings. The van der Waals surface area contributed by atoms with Crippen LogP contribution in [0.25, 0.3) is 0 Å². The molecule has 0 saturated carbocycles. The SMILES string of the molecule is COc1ccc(Br)c(N(C)C)c1. The lowest BCUT2D eigenvalue weighted by Crippen LogP contribution is -2.09. The van der Waals surface area contributed by atoms with Crippen LogP contribution >= 0.6 is 15.9 Å². The van der Waals surface area contributed by atoms with Gasteiger partial charge in [0.05, 0.1) is 12.8 Å². The third kappa shape index (κ3) is 1.91. The molecule has 0 N–H and O–H groups in total. The highest BCUT2D eigenvalue weighted by molar-refractivity contribution is 9.10. The molecule has 12 heavy (non-hydrogen) atoms. The van der Waals surface area contributed by atoms with Gasteiger partial charge in [0.15, 0.2) is 0 Å². The van der Waals surface area contributed by atoms with Crippen LogP contribution < -0.4 is 9.64 Å². The van der Waals surface area contributed by atoms with E-state index >= 15 is 0 Å². The molecule has 0 radical (unpaired) electrons. The molecular formula is C9H12BrNO. The van der Waals surface area contributed by atoms with Crippen molar-refractivity contribution >= 4 is 21.6 Å². The molecule has 1 rings (SSSR count). The largest absolute Gasteiger partial charge is 0.497 e. The molecule has 0 saturated heterocycles. The van der Waals surface area contributed by atoms with Crippen molar-refractivity contribution in [2.45, 2.75) is 0 Å². The Bertz CT molecular complexity index is 273. The highest BCUT2D eigenvalue weighted by atomic mass is 79.9. The number of hydrogen-bond donors (Lipinski definition) is 0. The minimum absolute atomic E-state index is 0.877. The second-order valence-corrected chi connectivity index (χ2v) is 3.57. The maximum Gasteiger partial charge on any atom is 0.121 e. The quantitative estimate of drug-likeness (QED) is 0.773. The van der Waals surface area contributed by atoms with E-state index in [4.69, 9.17) is 4.74 Å². The van der Waals surface area contributed by atoms with Crippen LogP contribution in [-0.2, 0) is 0 Å². The molecule has 3 heteroatoms. The number of ether oxygens (including phenoxy) is 1. The summed E-state index contributed by atoms with van der Waals surface area (Å²) in [5.74, 6) is 0.877. The molecule has 0 unspecified atom stereocenters. The zero-order chi connectivity index (χ0) is 9.14. The molecule has 0 heterocycles. The van der Waals surface area contributed by atoms with Crippen LogP contribution in [0.1, 0.15) is 0 Å². The fourth-order valence-electron chi connectivity index (χ4n) is 0.962. The number of benzene rings is 1. The van der Waals surface area contributed by atoms with Gasteiger partial charge in [-0.15, -0.1) is 0 Å². The van der Waals surface area contributed by atoms with E-state index < -0.39 is 0 Å². The van der Waals surface area contributed by atoms with Crippen LogP contribution in [0.2, 0.25) is 0 Å². The van der Waals surface area contributed by atoms with Crippen molar-refractivity contribution in [3.63, 3.8) is 0 Å². The van der Waals surface area contributed by atoms with Gasteiger partial charge in [-0.3, -0.25) is 0 Å². The second kappa shape index (κ2) is 3.81. The Labute approximate surface area is 81.3 Å². The van der Waals surface area contributed by atoms with E-state index in [9.17, 15) is 0 Å². The van der Waals surface area contributed by atoms with Gasteiger partial charge in [0.2, 0.25) is 0 Å². The van der Waals surface area contributed by atoms with Gasteiger partial charge in [0.1, 0.15) is 5.75 Å². The summed E-state index contributed by atoms with van der Waals surface area (Å²) in [5, 5.41) is 0. The first-order valence-corrected chi connectivity index (χ1v) is 4.45. The molecule has 2 nitrogen and oxygen atoms in total. The molecule has 0 bridgehead atoms. The summed E-state index contributed by atoms with van der Waals surface area (Å²) < 4.78 is 6.19. The van der Waals surface area contributed by atoms with Gasteiger partial charge in [-0.1, -0.05) is 0 Å². The Hall–Kier alpha value is -0.700. The van der Waals surface area contributed by atoms with Crippen LogP contribution in [0.4, 0.5) is 5.69 Å². The summed E-state index contributed by atoms with van der Waals surface area (Å²) in [6.45, 7) is 0. The zero-order valence-electron chi connectivity index (χ0n) is 7.47. The van der Waals surface area contributed by atoms with E-state index in [2.05, 4.69) is 15.9 Å². The van der Waals surface area contributed by atoms with Gasteiger partial charge in [0, 0.05) is 24.6 Å². The molecule has 0 atom stereocenters. The van der Waals surface area contributed by atoms with Gasteiger partial charge in [-0.25, -0.2) is 0 Å². The van der Waals surface area contributed by atoms with Crippen molar-refractivity contribution < 1.29 is 4.74 Å². The van der Waals surface area contributed by atoms with Crippen LogP contribution in [-0.4, -0.2) is 21.2 Å². The minimum atomic E-state index is 0.877. The highest BCUT2D eigenvalue weighted by Crippen LogP contribution is 2.28. The smallest absolute Gasteiger partial charge is 0.121 e. The Morgan fingerprint density at radius 2 is 2.00 bits per heavy atom. The summed E-state index contributed by atoms with van der Waals surface area (Å²) in [6.07, 6.45) is 0. The fourth-order valence-corrected chi connectivity index (χ4v) is 1.56. The zero-order valence-corrected chi connectivity index (χ0v) is 9.05. The lowest BCUT2D eigenvalue weighted by atomic mass is 10.3. The first-order chi connectivity index (χ1) is 5.65. The predicted molar refractivity (Wildman–Crippen MR) is 55.0 cm³/mol. The summed E-state index contributed by atoms with van der Waals surface area (Å²) in [4.78, 5) is 2.03. The summed E-state index contributed by atoms with van der Waals surface area (Å²) >= 11 is 3.46. The van der Waals surface area contributed by atoms with Crippen molar-refractivity contribution in [2.75, 3.05) is 26.1 Å².